The zero-order valence-electron chi connectivity index (χ0n) is 5.76. The lowest BCUT2D eigenvalue weighted by Crippen LogP contribution is -2.41. The number of rotatable bonds is 0. The Bertz CT molecular complexity index is 180. The SMILES string of the molecule is NC1(O)CCCC(=C=O)C1. The van der Waals surface area contributed by atoms with Crippen LogP contribution in [0.3, 0.4) is 0 Å². The highest BCUT2D eigenvalue weighted by Crippen LogP contribution is 2.25. The highest BCUT2D eigenvalue weighted by Gasteiger charge is 2.27. The number of carbonyl (C=O) groups excluding carboxylic acids is 1. The highest BCUT2D eigenvalue weighted by molar-refractivity contribution is 5.53. The number of aliphatic hydroxyl groups is 1. The van der Waals surface area contributed by atoms with E-state index in [9.17, 15) is 9.90 Å². The lowest BCUT2D eigenvalue weighted by molar-refractivity contribution is 0.0266. The summed E-state index contributed by atoms with van der Waals surface area (Å²) < 4.78 is 0. The van der Waals surface area contributed by atoms with Crippen LogP contribution in [0.25, 0.3) is 0 Å². The van der Waals surface area contributed by atoms with Crippen LogP contribution in [0, 0.1) is 0 Å². The number of hydrogen-bond acceptors (Lipinski definition) is 3. The fourth-order valence-corrected chi connectivity index (χ4v) is 1.24. The van der Waals surface area contributed by atoms with Crippen LogP contribution in [-0.4, -0.2) is 16.8 Å². The molecular weight excluding hydrogens is 130 g/mol. The maximum atomic E-state index is 10.1. The zero-order chi connectivity index (χ0) is 7.61. The molecule has 0 bridgehead atoms. The van der Waals surface area contributed by atoms with Gasteiger partial charge in [-0.15, -0.1) is 0 Å². The lowest BCUT2D eigenvalue weighted by atomic mass is 9.89. The average Bonchev–Trinajstić information content (AvgIpc) is 1.86. The normalized spacial score (nSPS) is 33.6. The van der Waals surface area contributed by atoms with E-state index in [1.165, 1.54) is 0 Å². The van der Waals surface area contributed by atoms with Crippen LogP contribution >= 0.6 is 0 Å². The standard InChI is InChI=1S/C7H11NO2/c8-7(10)3-1-2-6(4-7)5-9/h10H,1-4,8H2. The molecule has 0 heterocycles. The second-order valence-electron chi connectivity index (χ2n) is 2.84. The third-order valence-corrected chi connectivity index (χ3v) is 1.75. The summed E-state index contributed by atoms with van der Waals surface area (Å²) in [5, 5.41) is 9.25. The topological polar surface area (TPSA) is 63.3 Å². The molecule has 10 heavy (non-hydrogen) atoms. The van der Waals surface area contributed by atoms with Gasteiger partial charge in [-0.05, 0) is 19.3 Å². The van der Waals surface area contributed by atoms with Gasteiger partial charge in [-0.25, -0.2) is 4.79 Å². The minimum absolute atomic E-state index is 0.288. The minimum Gasteiger partial charge on any atom is -0.376 e. The van der Waals surface area contributed by atoms with Gasteiger partial charge in [-0.3, -0.25) is 0 Å². The van der Waals surface area contributed by atoms with Gasteiger partial charge in [0.25, 0.3) is 0 Å². The summed E-state index contributed by atoms with van der Waals surface area (Å²) in [5.74, 6) is 1.79. The second-order valence-corrected chi connectivity index (χ2v) is 2.84. The summed E-state index contributed by atoms with van der Waals surface area (Å²) in [7, 11) is 0. The van der Waals surface area contributed by atoms with Crippen LogP contribution in [0.5, 0.6) is 0 Å². The van der Waals surface area contributed by atoms with E-state index >= 15 is 0 Å². The molecule has 1 saturated carbocycles. The lowest BCUT2D eigenvalue weighted by Gasteiger charge is -2.27. The van der Waals surface area contributed by atoms with Gasteiger partial charge in [-0.1, -0.05) is 0 Å². The van der Waals surface area contributed by atoms with E-state index in [1.54, 1.807) is 5.94 Å². The first kappa shape index (κ1) is 7.48. The molecule has 0 saturated heterocycles. The van der Waals surface area contributed by atoms with E-state index < -0.39 is 5.72 Å². The molecule has 3 nitrogen and oxygen atoms in total. The predicted molar refractivity (Wildman–Crippen MR) is 36.8 cm³/mol. The molecule has 3 heteroatoms. The van der Waals surface area contributed by atoms with Crippen molar-refractivity contribution in [1.82, 2.24) is 0 Å². The first-order valence-corrected chi connectivity index (χ1v) is 3.38. The largest absolute Gasteiger partial charge is 0.376 e. The van der Waals surface area contributed by atoms with Crippen LogP contribution < -0.4 is 5.73 Å². The fraction of sp³-hybridized carbons (Fsp3) is 0.714. The van der Waals surface area contributed by atoms with Crippen LogP contribution in [0.1, 0.15) is 25.7 Å². The average molecular weight is 141 g/mol. The smallest absolute Gasteiger partial charge is 0.123 e. The summed E-state index contributed by atoms with van der Waals surface area (Å²) in [6.07, 6.45) is 2.40. The molecule has 1 fully saturated rings. The summed E-state index contributed by atoms with van der Waals surface area (Å²) in [6, 6.07) is 0. The molecule has 0 amide bonds. The Hall–Kier alpha value is -0.630. The summed E-state index contributed by atoms with van der Waals surface area (Å²) in [4.78, 5) is 10.1. The van der Waals surface area contributed by atoms with Crippen LogP contribution in [-0.2, 0) is 4.79 Å². The van der Waals surface area contributed by atoms with Crippen molar-refractivity contribution in [2.75, 3.05) is 0 Å². The van der Waals surface area contributed by atoms with Crippen molar-refractivity contribution >= 4 is 5.94 Å². The predicted octanol–water partition coefficient (Wildman–Crippen LogP) is -0.0343. The van der Waals surface area contributed by atoms with Gasteiger partial charge >= 0.3 is 0 Å². The van der Waals surface area contributed by atoms with E-state index in [0.29, 0.717) is 12.0 Å². The van der Waals surface area contributed by atoms with Gasteiger partial charge in [0.2, 0.25) is 0 Å². The molecule has 0 aliphatic heterocycles. The van der Waals surface area contributed by atoms with Crippen molar-refractivity contribution in [1.29, 1.82) is 0 Å². The monoisotopic (exact) mass is 141 g/mol. The molecule has 1 aliphatic carbocycles. The Morgan fingerprint density at radius 1 is 1.70 bits per heavy atom. The van der Waals surface area contributed by atoms with Crippen molar-refractivity contribution in [3.63, 3.8) is 0 Å². The van der Waals surface area contributed by atoms with E-state index in [4.69, 9.17) is 5.73 Å². The van der Waals surface area contributed by atoms with E-state index in [0.717, 1.165) is 12.8 Å². The molecule has 0 aromatic heterocycles. The molecule has 0 radical (unpaired) electrons. The number of hydrogen-bond donors (Lipinski definition) is 2. The third kappa shape index (κ3) is 1.67. The van der Waals surface area contributed by atoms with Crippen molar-refractivity contribution < 1.29 is 9.90 Å². The summed E-state index contributed by atoms with van der Waals surface area (Å²) >= 11 is 0. The Morgan fingerprint density at radius 3 is 2.80 bits per heavy atom. The van der Waals surface area contributed by atoms with Gasteiger partial charge in [0.1, 0.15) is 11.7 Å². The van der Waals surface area contributed by atoms with Crippen molar-refractivity contribution in [2.24, 2.45) is 5.73 Å². The summed E-state index contributed by atoms with van der Waals surface area (Å²) in [6.45, 7) is 0. The maximum absolute atomic E-state index is 10.1. The Balaban J connectivity index is 2.65. The van der Waals surface area contributed by atoms with E-state index in [2.05, 4.69) is 0 Å². The summed E-state index contributed by atoms with van der Waals surface area (Å²) in [5.41, 5.74) is 4.86. The van der Waals surface area contributed by atoms with Crippen molar-refractivity contribution in [3.05, 3.63) is 5.57 Å². The Kier molecular flexibility index (Phi) is 1.90. The first-order chi connectivity index (χ1) is 4.64. The molecule has 1 atom stereocenters. The third-order valence-electron chi connectivity index (χ3n) is 1.75. The molecule has 0 spiro atoms. The van der Waals surface area contributed by atoms with E-state index in [-0.39, 0.29) is 6.42 Å². The quantitative estimate of drug-likeness (QED) is 0.367. The van der Waals surface area contributed by atoms with Crippen molar-refractivity contribution in [3.8, 4) is 0 Å². The van der Waals surface area contributed by atoms with Gasteiger partial charge < -0.3 is 10.8 Å². The maximum Gasteiger partial charge on any atom is 0.123 e. The molecular formula is C7H11NO2. The first-order valence-electron chi connectivity index (χ1n) is 3.38. The van der Waals surface area contributed by atoms with Gasteiger partial charge in [0, 0.05) is 12.0 Å². The fourth-order valence-electron chi connectivity index (χ4n) is 1.24. The molecule has 0 aromatic carbocycles. The van der Waals surface area contributed by atoms with Crippen LogP contribution in [0.2, 0.25) is 0 Å². The van der Waals surface area contributed by atoms with Gasteiger partial charge in [0.05, 0.1) is 0 Å². The second kappa shape index (κ2) is 2.54. The van der Waals surface area contributed by atoms with Crippen molar-refractivity contribution in [2.45, 2.75) is 31.4 Å². The molecule has 1 aliphatic rings. The Morgan fingerprint density at radius 2 is 2.40 bits per heavy atom. The van der Waals surface area contributed by atoms with Crippen LogP contribution in [0.15, 0.2) is 5.57 Å². The zero-order valence-corrected chi connectivity index (χ0v) is 5.76. The van der Waals surface area contributed by atoms with Gasteiger partial charge in [-0.2, -0.15) is 0 Å². The Labute approximate surface area is 59.5 Å². The molecule has 1 unspecified atom stereocenters. The van der Waals surface area contributed by atoms with E-state index in [1.807, 2.05) is 0 Å². The van der Waals surface area contributed by atoms with Crippen LogP contribution in [0.4, 0.5) is 0 Å². The number of nitrogens with two attached hydrogens (primary N) is 1. The molecule has 0 aromatic rings. The van der Waals surface area contributed by atoms with Gasteiger partial charge in [0.15, 0.2) is 0 Å². The molecule has 1 rings (SSSR count). The molecule has 56 valence electrons. The molecule has 3 N–H and O–H groups in total. The minimum atomic E-state index is -1.15. The highest BCUT2D eigenvalue weighted by atomic mass is 16.3.